The maximum atomic E-state index is 5.51. The van der Waals surface area contributed by atoms with Crippen molar-refractivity contribution in [3.63, 3.8) is 0 Å². The van der Waals surface area contributed by atoms with Crippen LogP contribution in [0.15, 0.2) is 29.2 Å². The average Bonchev–Trinajstić information content (AvgIpc) is 2.49. The molecule has 1 heterocycles. The Morgan fingerprint density at radius 3 is 2.74 bits per heavy atom. The summed E-state index contributed by atoms with van der Waals surface area (Å²) in [5.74, 6) is 0.702. The van der Waals surface area contributed by atoms with E-state index in [-0.39, 0.29) is 0 Å². The highest BCUT2D eigenvalue weighted by Gasteiger charge is 2.26. The van der Waals surface area contributed by atoms with Crippen LogP contribution in [0.1, 0.15) is 37.8 Å². The molecule has 0 spiro atoms. The monoisotopic (exact) mass is 279 g/mol. The van der Waals surface area contributed by atoms with Gasteiger partial charge in [0.1, 0.15) is 0 Å². The lowest BCUT2D eigenvalue weighted by Gasteiger charge is -2.32. The molecule has 0 radical (unpaired) electrons. The lowest BCUT2D eigenvalue weighted by Crippen LogP contribution is -2.33. The van der Waals surface area contributed by atoms with Crippen molar-refractivity contribution in [1.82, 2.24) is 5.32 Å². The molecular weight excluding hydrogens is 254 g/mol. The SMILES string of the molecule is CCCNC(c1ccccc1SC)C1CCOCC1. The molecule has 0 aromatic heterocycles. The first-order chi connectivity index (χ1) is 9.36. The van der Waals surface area contributed by atoms with Crippen LogP contribution in [0.2, 0.25) is 0 Å². The molecule has 1 aliphatic rings. The molecule has 1 atom stereocenters. The Bertz CT molecular complexity index is 377. The van der Waals surface area contributed by atoms with Crippen molar-refractivity contribution in [3.8, 4) is 0 Å². The summed E-state index contributed by atoms with van der Waals surface area (Å²) in [4.78, 5) is 1.41. The maximum absolute atomic E-state index is 5.51. The molecule has 1 saturated heterocycles. The van der Waals surface area contributed by atoms with Crippen LogP contribution in [-0.2, 0) is 4.74 Å². The van der Waals surface area contributed by atoms with Crippen LogP contribution in [0.5, 0.6) is 0 Å². The van der Waals surface area contributed by atoms with Gasteiger partial charge in [-0.25, -0.2) is 0 Å². The molecule has 1 aromatic carbocycles. The number of hydrogen-bond acceptors (Lipinski definition) is 3. The molecule has 3 heteroatoms. The fourth-order valence-corrected chi connectivity index (χ4v) is 3.45. The Balaban J connectivity index is 2.19. The zero-order valence-corrected chi connectivity index (χ0v) is 12.8. The summed E-state index contributed by atoms with van der Waals surface area (Å²) in [6.45, 7) is 5.14. The zero-order chi connectivity index (χ0) is 13.5. The molecular formula is C16H25NOS. The lowest BCUT2D eigenvalue weighted by atomic mass is 9.87. The molecule has 1 aliphatic heterocycles. The summed E-state index contributed by atoms with van der Waals surface area (Å²) in [5, 5.41) is 3.76. The lowest BCUT2D eigenvalue weighted by molar-refractivity contribution is 0.0533. The number of benzene rings is 1. The summed E-state index contributed by atoms with van der Waals surface area (Å²) >= 11 is 1.85. The molecule has 0 amide bonds. The van der Waals surface area contributed by atoms with Gasteiger partial charge in [-0.2, -0.15) is 0 Å². The van der Waals surface area contributed by atoms with Gasteiger partial charge in [0.15, 0.2) is 0 Å². The number of rotatable bonds is 6. The Labute approximate surface area is 121 Å². The predicted octanol–water partition coefficient (Wildman–Crippen LogP) is 3.88. The van der Waals surface area contributed by atoms with E-state index in [1.807, 2.05) is 11.8 Å². The third-order valence-electron chi connectivity index (χ3n) is 3.83. The third-order valence-corrected chi connectivity index (χ3v) is 4.64. The molecule has 2 rings (SSSR count). The standard InChI is InChI=1S/C16H25NOS/c1-3-10-17-16(13-8-11-18-12-9-13)14-6-4-5-7-15(14)19-2/h4-7,13,16-17H,3,8-12H2,1-2H3. The fraction of sp³-hybridized carbons (Fsp3) is 0.625. The fourth-order valence-electron chi connectivity index (χ4n) is 2.80. The molecule has 0 aliphatic carbocycles. The van der Waals surface area contributed by atoms with E-state index in [1.165, 1.54) is 29.7 Å². The molecule has 1 fully saturated rings. The smallest absolute Gasteiger partial charge is 0.0469 e. The van der Waals surface area contributed by atoms with E-state index in [1.54, 1.807) is 0 Å². The van der Waals surface area contributed by atoms with Crippen LogP contribution in [0, 0.1) is 5.92 Å². The van der Waals surface area contributed by atoms with E-state index in [9.17, 15) is 0 Å². The number of nitrogens with one attached hydrogen (secondary N) is 1. The molecule has 19 heavy (non-hydrogen) atoms. The van der Waals surface area contributed by atoms with Gasteiger partial charge in [-0.15, -0.1) is 11.8 Å². The van der Waals surface area contributed by atoms with Crippen LogP contribution in [-0.4, -0.2) is 26.0 Å². The van der Waals surface area contributed by atoms with E-state index in [2.05, 4.69) is 42.8 Å². The minimum atomic E-state index is 0.479. The van der Waals surface area contributed by atoms with Gasteiger partial charge in [0, 0.05) is 24.2 Å². The Morgan fingerprint density at radius 1 is 1.32 bits per heavy atom. The van der Waals surface area contributed by atoms with E-state index >= 15 is 0 Å². The van der Waals surface area contributed by atoms with E-state index in [0.717, 1.165) is 19.8 Å². The molecule has 106 valence electrons. The first kappa shape index (κ1) is 14.9. The van der Waals surface area contributed by atoms with Gasteiger partial charge in [-0.3, -0.25) is 0 Å². The van der Waals surface area contributed by atoms with Gasteiger partial charge in [0.25, 0.3) is 0 Å². The first-order valence-corrected chi connectivity index (χ1v) is 8.53. The highest BCUT2D eigenvalue weighted by molar-refractivity contribution is 7.98. The summed E-state index contributed by atoms with van der Waals surface area (Å²) < 4.78 is 5.51. The average molecular weight is 279 g/mol. The van der Waals surface area contributed by atoms with Gasteiger partial charge in [-0.05, 0) is 49.6 Å². The number of thioether (sulfide) groups is 1. The summed E-state index contributed by atoms with van der Waals surface area (Å²) in [5.41, 5.74) is 1.47. The van der Waals surface area contributed by atoms with Crippen molar-refractivity contribution in [2.75, 3.05) is 26.0 Å². The zero-order valence-electron chi connectivity index (χ0n) is 12.0. The predicted molar refractivity (Wildman–Crippen MR) is 82.8 cm³/mol. The Kier molecular flexibility index (Phi) is 6.21. The normalized spacial score (nSPS) is 18.4. The van der Waals surface area contributed by atoms with Crippen LogP contribution in [0.25, 0.3) is 0 Å². The molecule has 1 unspecified atom stereocenters. The van der Waals surface area contributed by atoms with Crippen LogP contribution in [0.3, 0.4) is 0 Å². The third kappa shape index (κ3) is 3.98. The van der Waals surface area contributed by atoms with Crippen molar-refractivity contribution < 1.29 is 4.74 Å². The van der Waals surface area contributed by atoms with Crippen molar-refractivity contribution in [3.05, 3.63) is 29.8 Å². The minimum Gasteiger partial charge on any atom is -0.381 e. The molecule has 0 bridgehead atoms. The molecule has 2 nitrogen and oxygen atoms in total. The quantitative estimate of drug-likeness (QED) is 0.799. The topological polar surface area (TPSA) is 21.3 Å². The number of hydrogen-bond donors (Lipinski definition) is 1. The largest absolute Gasteiger partial charge is 0.381 e. The Morgan fingerprint density at radius 2 is 2.05 bits per heavy atom. The van der Waals surface area contributed by atoms with E-state index in [4.69, 9.17) is 4.74 Å². The van der Waals surface area contributed by atoms with Gasteiger partial charge in [0.2, 0.25) is 0 Å². The maximum Gasteiger partial charge on any atom is 0.0469 e. The van der Waals surface area contributed by atoms with Crippen molar-refractivity contribution in [1.29, 1.82) is 0 Å². The van der Waals surface area contributed by atoms with Gasteiger partial charge in [0.05, 0.1) is 0 Å². The minimum absolute atomic E-state index is 0.479. The highest BCUT2D eigenvalue weighted by Crippen LogP contribution is 2.34. The molecule has 1 aromatic rings. The second-order valence-electron chi connectivity index (χ2n) is 5.12. The highest BCUT2D eigenvalue weighted by atomic mass is 32.2. The van der Waals surface area contributed by atoms with Crippen LogP contribution in [0.4, 0.5) is 0 Å². The number of ether oxygens (including phenoxy) is 1. The van der Waals surface area contributed by atoms with Crippen molar-refractivity contribution in [2.45, 2.75) is 37.1 Å². The van der Waals surface area contributed by atoms with Crippen LogP contribution < -0.4 is 5.32 Å². The summed E-state index contributed by atoms with van der Waals surface area (Å²) in [6.07, 6.45) is 5.69. The summed E-state index contributed by atoms with van der Waals surface area (Å²) in [7, 11) is 0. The van der Waals surface area contributed by atoms with Crippen LogP contribution >= 0.6 is 11.8 Å². The second-order valence-corrected chi connectivity index (χ2v) is 5.97. The first-order valence-electron chi connectivity index (χ1n) is 7.30. The van der Waals surface area contributed by atoms with E-state index < -0.39 is 0 Å². The van der Waals surface area contributed by atoms with E-state index in [0.29, 0.717) is 12.0 Å². The summed E-state index contributed by atoms with van der Waals surface area (Å²) in [6, 6.07) is 9.30. The van der Waals surface area contributed by atoms with Gasteiger partial charge >= 0.3 is 0 Å². The van der Waals surface area contributed by atoms with Crippen molar-refractivity contribution in [2.24, 2.45) is 5.92 Å². The Hall–Kier alpha value is -0.510. The second kappa shape index (κ2) is 7.93. The molecule has 0 saturated carbocycles. The van der Waals surface area contributed by atoms with Gasteiger partial charge in [-0.1, -0.05) is 25.1 Å². The van der Waals surface area contributed by atoms with Crippen molar-refractivity contribution >= 4 is 11.8 Å². The molecule has 1 N–H and O–H groups in total. The van der Waals surface area contributed by atoms with Gasteiger partial charge < -0.3 is 10.1 Å².